The minimum Gasteiger partial charge on any atom is -0.492 e. The maximum Gasteiger partial charge on any atom is 0.255 e. The fraction of sp³-hybridized carbons (Fsp3) is 0.458. The zero-order valence-electron chi connectivity index (χ0n) is 44.2. The molecule has 1 saturated carbocycles. The van der Waals surface area contributed by atoms with Gasteiger partial charge in [-0.15, -0.1) is 0 Å². The highest BCUT2D eigenvalue weighted by molar-refractivity contribution is 6.31. The predicted octanol–water partition coefficient (Wildman–Crippen LogP) is 7.97. The van der Waals surface area contributed by atoms with Crippen molar-refractivity contribution in [3.8, 4) is 17.6 Å². The fourth-order valence-corrected chi connectivity index (χ4v) is 12.4. The number of ether oxygens (including phenoxy) is 2. The molecule has 0 spiro atoms. The Kier molecular flexibility index (Phi) is 15.2. The Morgan fingerprint density at radius 2 is 1.67 bits per heavy atom. The first kappa shape index (κ1) is 53.1. The molecule has 75 heavy (non-hydrogen) atoms. The third kappa shape index (κ3) is 10.8. The van der Waals surface area contributed by atoms with E-state index in [9.17, 15) is 29.5 Å². The lowest BCUT2D eigenvalue weighted by Gasteiger charge is -2.63. The van der Waals surface area contributed by atoms with Crippen LogP contribution in [0.2, 0.25) is 5.02 Å². The van der Waals surface area contributed by atoms with Gasteiger partial charge in [-0.2, -0.15) is 5.26 Å². The molecule has 4 amide bonds. The highest BCUT2D eigenvalue weighted by atomic mass is 35.5. The molecule has 15 nitrogen and oxygen atoms in total. The van der Waals surface area contributed by atoms with Gasteiger partial charge in [-0.1, -0.05) is 89.6 Å². The van der Waals surface area contributed by atoms with Gasteiger partial charge < -0.3 is 39.9 Å². The molecule has 3 aromatic carbocycles. The molecule has 4 aromatic rings. The number of likely N-dealkylation sites (tertiary alicyclic amines) is 1. The van der Waals surface area contributed by atoms with Gasteiger partial charge in [0.2, 0.25) is 11.8 Å². The lowest BCUT2D eigenvalue weighted by Crippen LogP contribution is -2.74. The number of aliphatic hydroxyl groups is 1. The number of anilines is 1. The highest BCUT2D eigenvalue weighted by Crippen LogP contribution is 2.55. The number of fused-ring (bicyclic) bond motifs is 1. The summed E-state index contributed by atoms with van der Waals surface area (Å²) in [5, 5.41) is 26.7. The average molecular weight is 1040 g/mol. The molecule has 1 unspecified atom stereocenters. The quantitative estimate of drug-likeness (QED) is 0.0991. The molecule has 394 valence electrons. The molecule has 0 radical (unpaired) electrons. The molecule has 16 heteroatoms. The summed E-state index contributed by atoms with van der Waals surface area (Å²) < 4.78 is 12.6. The van der Waals surface area contributed by atoms with Crippen molar-refractivity contribution in [1.29, 1.82) is 5.26 Å². The zero-order valence-corrected chi connectivity index (χ0v) is 45.0. The van der Waals surface area contributed by atoms with Crippen LogP contribution in [-0.2, 0) is 16.1 Å². The predicted molar refractivity (Wildman–Crippen MR) is 288 cm³/mol. The normalized spacial score (nSPS) is 22.6. The number of rotatable bonds is 16. The van der Waals surface area contributed by atoms with Gasteiger partial charge in [0.1, 0.15) is 48.2 Å². The molecule has 3 N–H and O–H groups in total. The number of piperazine rings is 1. The van der Waals surface area contributed by atoms with E-state index in [0.29, 0.717) is 46.4 Å². The number of nitrogens with zero attached hydrogens (tertiary/aromatic N) is 6. The minimum absolute atomic E-state index is 0.0101. The number of benzene rings is 3. The fourth-order valence-electron chi connectivity index (χ4n) is 12.2. The van der Waals surface area contributed by atoms with Gasteiger partial charge in [0.05, 0.1) is 28.3 Å². The minimum atomic E-state index is -0.876. The molecule has 0 bridgehead atoms. The standard InChI is InChI=1S/C59H69ClN8O7/c1-35(2)51(55(73)67-34-43(69)29-49(67)53(71)63-37(4)38-12-14-39(15-13-38)46-11-9-10-36(46)3)68-33-42-28-44(19-20-47(42)54(68)72)74-27-26-65-22-24-66(25-23-65)50-21-17-41(32-62-50)52(70)64-56-58(5,6)57(59(56,7)8)75-45-18-16-40(31-61)48(60)30-45/h9-10,12-21,28,30,32,35,37,43,49,51,56-57,69H,11,22-27,29,33-34H2,1-8H3,(H,63,71)(H,64,70)/t37-,43?,49-,51-,56?,57?/m0/s1. The smallest absolute Gasteiger partial charge is 0.255 e. The van der Waals surface area contributed by atoms with Gasteiger partial charge in [0.25, 0.3) is 11.8 Å². The Morgan fingerprint density at radius 3 is 2.31 bits per heavy atom. The number of aliphatic hydroxyl groups excluding tert-OH is 1. The molecule has 2 aliphatic carbocycles. The SMILES string of the molecule is CC1=C(c2ccc([C@H](C)NC(=O)[C@@H]3CC(O)CN3C(=O)[C@H](C(C)C)N3Cc4cc(OCCN5CCN(c6ccc(C(=O)NC7C(C)(C)C(Oc8ccc(C#N)c(Cl)c8)C7(C)C)cn6)CC5)ccc4C3=O)cc2)CC=C1. The van der Waals surface area contributed by atoms with Crippen molar-refractivity contribution in [1.82, 2.24) is 30.3 Å². The molecular weight excluding hydrogens is 968 g/mol. The molecule has 2 saturated heterocycles. The van der Waals surface area contributed by atoms with Crippen LogP contribution in [0.4, 0.5) is 5.82 Å². The van der Waals surface area contributed by atoms with Crippen LogP contribution in [0, 0.1) is 28.1 Å². The monoisotopic (exact) mass is 1040 g/mol. The molecular formula is C59H69ClN8O7. The average Bonchev–Trinajstić information content (AvgIpc) is 4.10. The number of nitriles is 1. The third-order valence-corrected chi connectivity index (χ3v) is 16.4. The van der Waals surface area contributed by atoms with Gasteiger partial charge in [0.15, 0.2) is 0 Å². The van der Waals surface area contributed by atoms with Crippen LogP contribution in [0.1, 0.15) is 117 Å². The summed E-state index contributed by atoms with van der Waals surface area (Å²) in [4.78, 5) is 68.2. The molecule has 3 aliphatic heterocycles. The van der Waals surface area contributed by atoms with E-state index in [0.717, 1.165) is 55.1 Å². The molecule has 5 aliphatic rings. The first-order chi connectivity index (χ1) is 35.7. The Morgan fingerprint density at radius 1 is 0.947 bits per heavy atom. The number of hydrogen-bond donors (Lipinski definition) is 3. The van der Waals surface area contributed by atoms with E-state index in [1.165, 1.54) is 16.0 Å². The number of halogens is 1. The maximum absolute atomic E-state index is 14.5. The molecule has 1 aromatic heterocycles. The van der Waals surface area contributed by atoms with Gasteiger partial charge in [0, 0.05) is 86.9 Å². The lowest BCUT2D eigenvalue weighted by atomic mass is 9.49. The molecule has 9 rings (SSSR count). The van der Waals surface area contributed by atoms with E-state index in [4.69, 9.17) is 21.1 Å². The number of hydrogen-bond acceptors (Lipinski definition) is 11. The lowest BCUT2D eigenvalue weighted by molar-refractivity contribution is -0.164. The van der Waals surface area contributed by atoms with Crippen LogP contribution in [0.25, 0.3) is 5.57 Å². The topological polar surface area (TPSA) is 181 Å². The summed E-state index contributed by atoms with van der Waals surface area (Å²) in [6.07, 6.45) is 5.86. The van der Waals surface area contributed by atoms with Gasteiger partial charge in [-0.3, -0.25) is 24.1 Å². The number of pyridine rings is 1. The van der Waals surface area contributed by atoms with Crippen molar-refractivity contribution >= 4 is 46.6 Å². The van der Waals surface area contributed by atoms with E-state index in [2.05, 4.69) is 90.4 Å². The van der Waals surface area contributed by atoms with Crippen molar-refractivity contribution in [2.75, 3.05) is 50.8 Å². The van der Waals surface area contributed by atoms with Crippen LogP contribution in [0.5, 0.6) is 11.5 Å². The summed E-state index contributed by atoms with van der Waals surface area (Å²) in [7, 11) is 0. The van der Waals surface area contributed by atoms with E-state index in [1.807, 2.05) is 51.1 Å². The second kappa shape index (κ2) is 21.5. The molecule has 4 heterocycles. The van der Waals surface area contributed by atoms with Crippen LogP contribution < -0.4 is 25.0 Å². The van der Waals surface area contributed by atoms with Crippen LogP contribution in [-0.4, -0.2) is 125 Å². The zero-order chi connectivity index (χ0) is 53.5. The summed E-state index contributed by atoms with van der Waals surface area (Å²) in [5.74, 6) is 0.622. The number of nitrogens with one attached hydrogen (secondary N) is 2. The van der Waals surface area contributed by atoms with Crippen molar-refractivity contribution in [3.05, 3.63) is 135 Å². The number of β-amino-alcohol motifs (C(OH)–C–C–N with tert-alkyl or cyclic N) is 1. The Bertz CT molecular complexity index is 2920. The largest absolute Gasteiger partial charge is 0.492 e. The summed E-state index contributed by atoms with van der Waals surface area (Å²) in [6, 6.07) is 22.2. The number of carbonyl (C=O) groups is 4. The summed E-state index contributed by atoms with van der Waals surface area (Å²) in [5.41, 5.74) is 6.00. The van der Waals surface area contributed by atoms with Gasteiger partial charge in [-0.05, 0) is 96.5 Å². The third-order valence-electron chi connectivity index (χ3n) is 16.1. The number of amides is 4. The Labute approximate surface area is 445 Å². The molecule has 4 atom stereocenters. The van der Waals surface area contributed by atoms with Crippen molar-refractivity contribution in [3.63, 3.8) is 0 Å². The van der Waals surface area contributed by atoms with Crippen molar-refractivity contribution in [2.45, 2.75) is 111 Å². The Hall–Kier alpha value is -6.73. The maximum atomic E-state index is 14.5. The molecule has 3 fully saturated rings. The van der Waals surface area contributed by atoms with E-state index in [1.54, 1.807) is 41.4 Å². The van der Waals surface area contributed by atoms with E-state index < -0.39 is 29.0 Å². The number of carbonyl (C=O) groups excluding carboxylic acids is 4. The van der Waals surface area contributed by atoms with E-state index in [-0.39, 0.29) is 67.2 Å². The first-order valence-corrected chi connectivity index (χ1v) is 26.6. The van der Waals surface area contributed by atoms with Crippen molar-refractivity contribution < 1.29 is 33.8 Å². The van der Waals surface area contributed by atoms with E-state index >= 15 is 0 Å². The Balaban J connectivity index is 0.733. The summed E-state index contributed by atoms with van der Waals surface area (Å²) in [6.45, 7) is 20.6. The highest BCUT2D eigenvalue weighted by Gasteiger charge is 2.64. The second-order valence-electron chi connectivity index (χ2n) is 22.3. The first-order valence-electron chi connectivity index (χ1n) is 26.2. The second-order valence-corrected chi connectivity index (χ2v) is 22.7. The van der Waals surface area contributed by atoms with Gasteiger partial charge >= 0.3 is 0 Å². The summed E-state index contributed by atoms with van der Waals surface area (Å²) >= 11 is 6.27. The van der Waals surface area contributed by atoms with Crippen LogP contribution >= 0.6 is 11.6 Å². The number of allylic oxidation sites excluding steroid dienone is 4. The number of aromatic nitrogens is 1. The van der Waals surface area contributed by atoms with Gasteiger partial charge in [-0.25, -0.2) is 4.98 Å². The van der Waals surface area contributed by atoms with Crippen LogP contribution in [0.3, 0.4) is 0 Å². The van der Waals surface area contributed by atoms with Crippen LogP contribution in [0.15, 0.2) is 96.7 Å². The van der Waals surface area contributed by atoms with Crippen molar-refractivity contribution in [2.24, 2.45) is 16.7 Å².